The van der Waals surface area contributed by atoms with E-state index in [1.54, 1.807) is 13.8 Å². The van der Waals surface area contributed by atoms with Gasteiger partial charge in [0, 0.05) is 19.0 Å². The SMILES string of the molecule is CNC(=O)NCC(C)(C)C1=C(C(=O)[O-])N2C(=O)[C@H]([C@@H](C)O)[C@H]2O1.[K+]. The number of carbonyl (C=O) groups excluding carboxylic acids is 3. The average molecular weight is 365 g/mol. The molecule has 24 heavy (non-hydrogen) atoms. The van der Waals surface area contributed by atoms with Gasteiger partial charge in [-0.15, -0.1) is 0 Å². The third-order valence-electron chi connectivity index (χ3n) is 4.02. The largest absolute Gasteiger partial charge is 1.00 e. The molecule has 0 bridgehead atoms. The van der Waals surface area contributed by atoms with Crippen LogP contribution < -0.4 is 67.1 Å². The van der Waals surface area contributed by atoms with Crippen LogP contribution in [0.3, 0.4) is 0 Å². The fourth-order valence-electron chi connectivity index (χ4n) is 2.72. The van der Waals surface area contributed by atoms with Crippen LogP contribution >= 0.6 is 0 Å². The summed E-state index contributed by atoms with van der Waals surface area (Å²) in [5, 5.41) is 26.1. The van der Waals surface area contributed by atoms with Gasteiger partial charge in [-0.25, -0.2) is 4.79 Å². The molecule has 1 saturated heterocycles. The standard InChI is InChI=1S/C14H21N3O6.K/c1-6(18)7-10(19)17-8(12(20)21)9(23-11(7)17)14(2,3)5-16-13(22)15-4;/h6-7,11,18H,5H2,1-4H3,(H,20,21)(H2,15,16,22);/q;+1/p-1/t6-,7+,11-;/m1./s1. The van der Waals surface area contributed by atoms with Crippen molar-refractivity contribution in [2.24, 2.45) is 11.3 Å². The van der Waals surface area contributed by atoms with Crippen LogP contribution in [0.25, 0.3) is 0 Å². The van der Waals surface area contributed by atoms with E-state index in [1.165, 1.54) is 14.0 Å². The number of hydrogen-bond acceptors (Lipinski definition) is 6. The monoisotopic (exact) mass is 365 g/mol. The number of ether oxygens (including phenoxy) is 1. The number of aliphatic hydroxyl groups excluding tert-OH is 1. The Morgan fingerprint density at radius 3 is 2.50 bits per heavy atom. The minimum absolute atomic E-state index is 0. The fourth-order valence-corrected chi connectivity index (χ4v) is 2.72. The van der Waals surface area contributed by atoms with E-state index in [4.69, 9.17) is 4.74 Å². The molecule has 2 heterocycles. The number of carbonyl (C=O) groups is 3. The van der Waals surface area contributed by atoms with Crippen molar-refractivity contribution in [1.82, 2.24) is 15.5 Å². The Kier molecular flexibility index (Phi) is 6.87. The van der Waals surface area contributed by atoms with Gasteiger partial charge in [0.05, 0.1) is 12.1 Å². The van der Waals surface area contributed by atoms with Gasteiger partial charge in [0.15, 0.2) is 6.23 Å². The number of hydrogen-bond donors (Lipinski definition) is 3. The summed E-state index contributed by atoms with van der Waals surface area (Å²) in [4.78, 5) is 35.8. The zero-order valence-electron chi connectivity index (χ0n) is 14.4. The van der Waals surface area contributed by atoms with Crippen molar-refractivity contribution in [3.05, 3.63) is 11.5 Å². The second-order valence-electron chi connectivity index (χ2n) is 6.26. The number of aliphatic hydroxyl groups is 1. The van der Waals surface area contributed by atoms with E-state index < -0.39 is 41.6 Å². The van der Waals surface area contributed by atoms with Crippen LogP contribution in [-0.4, -0.2) is 53.8 Å². The fraction of sp³-hybridized carbons (Fsp3) is 0.643. The predicted molar refractivity (Wildman–Crippen MR) is 75.2 cm³/mol. The van der Waals surface area contributed by atoms with E-state index in [0.717, 1.165) is 4.90 Å². The van der Waals surface area contributed by atoms with Gasteiger partial charge in [0.1, 0.15) is 17.4 Å². The molecule has 128 valence electrons. The minimum Gasteiger partial charge on any atom is -0.543 e. The van der Waals surface area contributed by atoms with Crippen LogP contribution in [0.4, 0.5) is 4.79 Å². The molecule has 0 aliphatic carbocycles. The number of β-lactam (4-membered cyclic amide) rings is 1. The van der Waals surface area contributed by atoms with Gasteiger partial charge >= 0.3 is 57.4 Å². The van der Waals surface area contributed by atoms with Gasteiger partial charge in [0.25, 0.3) is 0 Å². The summed E-state index contributed by atoms with van der Waals surface area (Å²) in [7, 11) is 1.46. The van der Waals surface area contributed by atoms with E-state index in [2.05, 4.69) is 10.6 Å². The van der Waals surface area contributed by atoms with Crippen molar-refractivity contribution in [1.29, 1.82) is 0 Å². The number of fused-ring (bicyclic) bond motifs is 1. The molecular weight excluding hydrogens is 345 g/mol. The van der Waals surface area contributed by atoms with Crippen LogP contribution in [0.1, 0.15) is 20.8 Å². The zero-order valence-corrected chi connectivity index (χ0v) is 17.5. The van der Waals surface area contributed by atoms with Crippen LogP contribution in [0.2, 0.25) is 0 Å². The van der Waals surface area contributed by atoms with E-state index in [0.29, 0.717) is 0 Å². The van der Waals surface area contributed by atoms with Crippen molar-refractivity contribution in [3.63, 3.8) is 0 Å². The maximum absolute atomic E-state index is 12.1. The molecule has 3 atom stereocenters. The van der Waals surface area contributed by atoms with Gasteiger partial charge in [-0.3, -0.25) is 9.69 Å². The molecule has 3 N–H and O–H groups in total. The third kappa shape index (κ3) is 3.63. The number of urea groups is 1. The zero-order chi connectivity index (χ0) is 17.5. The first-order valence-electron chi connectivity index (χ1n) is 7.21. The minimum atomic E-state index is -1.53. The van der Waals surface area contributed by atoms with E-state index >= 15 is 0 Å². The molecular formula is C14H20KN3O6. The first-order valence-corrected chi connectivity index (χ1v) is 7.21. The Hall–Kier alpha value is -0.654. The van der Waals surface area contributed by atoms with Crippen molar-refractivity contribution in [2.75, 3.05) is 13.6 Å². The Bertz CT molecular complexity index is 589. The summed E-state index contributed by atoms with van der Waals surface area (Å²) in [6, 6.07) is -0.423. The van der Waals surface area contributed by atoms with Crippen LogP contribution in [0.5, 0.6) is 0 Å². The van der Waals surface area contributed by atoms with E-state index in [1.807, 2.05) is 0 Å². The summed E-state index contributed by atoms with van der Waals surface area (Å²) in [6.45, 7) is 4.88. The quantitative estimate of drug-likeness (QED) is 0.331. The number of amides is 3. The Balaban J connectivity index is 0.00000288. The molecule has 10 heteroatoms. The van der Waals surface area contributed by atoms with Crippen molar-refractivity contribution >= 4 is 17.9 Å². The summed E-state index contributed by atoms with van der Waals surface area (Å²) < 4.78 is 5.64. The second-order valence-corrected chi connectivity index (χ2v) is 6.26. The molecule has 0 unspecified atom stereocenters. The molecule has 0 radical (unpaired) electrons. The van der Waals surface area contributed by atoms with Crippen LogP contribution in [-0.2, 0) is 14.3 Å². The molecule has 0 aromatic rings. The molecule has 2 aliphatic heterocycles. The van der Waals surface area contributed by atoms with E-state index in [9.17, 15) is 24.6 Å². The van der Waals surface area contributed by atoms with Gasteiger partial charge < -0.3 is 30.4 Å². The number of carboxylic acid groups (broad SMARTS) is 1. The molecule has 1 fully saturated rings. The average Bonchev–Trinajstić information content (AvgIpc) is 2.80. The number of nitrogens with one attached hydrogen (secondary N) is 2. The van der Waals surface area contributed by atoms with Gasteiger partial charge in [-0.1, -0.05) is 13.8 Å². The van der Waals surface area contributed by atoms with Crippen molar-refractivity contribution in [2.45, 2.75) is 33.1 Å². The first-order chi connectivity index (χ1) is 10.6. The molecule has 0 saturated carbocycles. The van der Waals surface area contributed by atoms with Crippen molar-refractivity contribution < 1.29 is 80.7 Å². The Morgan fingerprint density at radius 1 is 1.46 bits per heavy atom. The Labute approximate surface area is 182 Å². The smallest absolute Gasteiger partial charge is 0.543 e. The number of nitrogens with zero attached hydrogens (tertiary/aromatic N) is 1. The topological polar surface area (TPSA) is 131 Å². The number of aliphatic carboxylic acids is 1. The van der Waals surface area contributed by atoms with Gasteiger partial charge in [-0.05, 0) is 6.92 Å². The summed E-state index contributed by atoms with van der Waals surface area (Å²) in [6.07, 6.45) is -1.82. The first kappa shape index (κ1) is 21.4. The third-order valence-corrected chi connectivity index (χ3v) is 4.02. The molecule has 9 nitrogen and oxygen atoms in total. The summed E-state index contributed by atoms with van der Waals surface area (Å²) in [5.41, 5.74) is -1.23. The van der Waals surface area contributed by atoms with Crippen molar-refractivity contribution in [3.8, 4) is 0 Å². The van der Waals surface area contributed by atoms with Gasteiger partial charge in [-0.2, -0.15) is 0 Å². The van der Waals surface area contributed by atoms with Crippen LogP contribution in [0, 0.1) is 11.3 Å². The molecule has 3 amide bonds. The van der Waals surface area contributed by atoms with E-state index in [-0.39, 0.29) is 69.4 Å². The normalized spacial score (nSPS) is 23.5. The molecule has 2 aliphatic rings. The molecule has 0 spiro atoms. The van der Waals surface area contributed by atoms with Crippen LogP contribution in [0.15, 0.2) is 11.5 Å². The maximum Gasteiger partial charge on any atom is 1.00 e. The van der Waals surface area contributed by atoms with Gasteiger partial charge in [0.2, 0.25) is 5.91 Å². The molecule has 0 aromatic carbocycles. The predicted octanol–water partition coefficient (Wildman–Crippen LogP) is -4.90. The number of carboxylic acids is 1. The summed E-state index contributed by atoms with van der Waals surface area (Å²) in [5.74, 6) is -2.82. The second kappa shape index (κ2) is 7.71. The summed E-state index contributed by atoms with van der Waals surface area (Å²) >= 11 is 0. The Morgan fingerprint density at radius 2 is 2.04 bits per heavy atom. The number of rotatable bonds is 5. The molecule has 2 rings (SSSR count). The molecule has 0 aromatic heterocycles. The maximum atomic E-state index is 12.1.